The quantitative estimate of drug-likeness (QED) is 0.466. The number of pyridine rings is 1. The second-order valence-corrected chi connectivity index (χ2v) is 7.83. The van der Waals surface area contributed by atoms with E-state index in [4.69, 9.17) is 21.1 Å². The number of amides is 1. The van der Waals surface area contributed by atoms with Crippen LogP contribution in [0.4, 0.5) is 5.13 Å². The average Bonchev–Trinajstić information content (AvgIpc) is 3.38. The van der Waals surface area contributed by atoms with Crippen LogP contribution in [0.25, 0.3) is 10.2 Å². The molecule has 0 fully saturated rings. The molecule has 29 heavy (non-hydrogen) atoms. The number of carbonyl (C=O) groups is 1. The Kier molecular flexibility index (Phi) is 4.54. The molecule has 1 aliphatic heterocycles. The summed E-state index contributed by atoms with van der Waals surface area (Å²) in [5.41, 5.74) is 2.04. The Morgan fingerprint density at radius 2 is 2.00 bits per heavy atom. The molecule has 0 bridgehead atoms. The lowest BCUT2D eigenvalue weighted by molar-refractivity contribution is 0.0984. The zero-order valence-corrected chi connectivity index (χ0v) is 16.6. The van der Waals surface area contributed by atoms with Gasteiger partial charge in [-0.3, -0.25) is 14.7 Å². The van der Waals surface area contributed by atoms with Crippen molar-refractivity contribution in [1.82, 2.24) is 9.97 Å². The highest BCUT2D eigenvalue weighted by Crippen LogP contribution is 2.35. The second-order valence-electron chi connectivity index (χ2n) is 6.39. The fourth-order valence-corrected chi connectivity index (χ4v) is 4.31. The third-order valence-electron chi connectivity index (χ3n) is 4.48. The topological polar surface area (TPSA) is 64.6 Å². The molecule has 0 saturated heterocycles. The van der Waals surface area contributed by atoms with Gasteiger partial charge in [0.25, 0.3) is 5.91 Å². The molecule has 6 nitrogen and oxygen atoms in total. The molecule has 0 radical (unpaired) electrons. The summed E-state index contributed by atoms with van der Waals surface area (Å²) in [6.45, 7) is 0.449. The summed E-state index contributed by atoms with van der Waals surface area (Å²) in [4.78, 5) is 24.1. The number of hydrogen-bond acceptors (Lipinski definition) is 6. The number of thiazole rings is 1. The summed E-state index contributed by atoms with van der Waals surface area (Å²) in [5.74, 6) is 0.997. The van der Waals surface area contributed by atoms with Crippen LogP contribution in [0, 0.1) is 0 Å². The van der Waals surface area contributed by atoms with Crippen molar-refractivity contribution in [1.29, 1.82) is 0 Å². The van der Waals surface area contributed by atoms with Gasteiger partial charge in [0.2, 0.25) is 6.79 Å². The lowest BCUT2D eigenvalue weighted by atomic mass is 10.1. The van der Waals surface area contributed by atoms with Crippen LogP contribution in [0.1, 0.15) is 16.1 Å². The first-order valence-electron chi connectivity index (χ1n) is 8.85. The summed E-state index contributed by atoms with van der Waals surface area (Å²) in [7, 11) is 0. The number of hydrogen-bond donors (Lipinski definition) is 0. The molecule has 1 aliphatic rings. The lowest BCUT2D eigenvalue weighted by Gasteiger charge is -2.19. The van der Waals surface area contributed by atoms with Gasteiger partial charge in [0.05, 0.1) is 22.5 Å². The minimum Gasteiger partial charge on any atom is -0.454 e. The molecule has 0 N–H and O–H groups in total. The SMILES string of the molecule is O=C(c1ccc2c(c1)OCO2)N(Cc1ccccn1)c1nc2ccc(Cl)cc2s1. The van der Waals surface area contributed by atoms with Crippen molar-refractivity contribution in [2.24, 2.45) is 0 Å². The third kappa shape index (κ3) is 3.50. The van der Waals surface area contributed by atoms with Crippen LogP contribution >= 0.6 is 22.9 Å². The maximum absolute atomic E-state index is 13.4. The molecule has 0 saturated carbocycles. The maximum Gasteiger partial charge on any atom is 0.260 e. The van der Waals surface area contributed by atoms with Gasteiger partial charge < -0.3 is 9.47 Å². The van der Waals surface area contributed by atoms with Gasteiger partial charge in [0.1, 0.15) is 0 Å². The molecule has 2 aromatic carbocycles. The van der Waals surface area contributed by atoms with E-state index in [2.05, 4.69) is 9.97 Å². The molecular weight excluding hydrogens is 410 g/mol. The Labute approximate surface area is 175 Å². The van der Waals surface area contributed by atoms with Crippen LogP contribution in [0.2, 0.25) is 5.02 Å². The van der Waals surface area contributed by atoms with E-state index in [-0.39, 0.29) is 12.7 Å². The van der Waals surface area contributed by atoms with Gasteiger partial charge in [0, 0.05) is 16.8 Å². The normalized spacial score (nSPS) is 12.3. The number of nitrogens with zero attached hydrogens (tertiary/aromatic N) is 3. The van der Waals surface area contributed by atoms with Gasteiger partial charge in [-0.1, -0.05) is 29.0 Å². The fraction of sp³-hybridized carbons (Fsp3) is 0.0952. The Morgan fingerprint density at radius 3 is 2.86 bits per heavy atom. The fourth-order valence-electron chi connectivity index (χ4n) is 3.07. The molecule has 144 valence electrons. The van der Waals surface area contributed by atoms with E-state index in [1.807, 2.05) is 30.3 Å². The minimum atomic E-state index is -0.195. The summed E-state index contributed by atoms with van der Waals surface area (Å²) < 4.78 is 11.7. The van der Waals surface area contributed by atoms with E-state index in [9.17, 15) is 4.79 Å². The van der Waals surface area contributed by atoms with Gasteiger partial charge in [-0.2, -0.15) is 0 Å². The molecule has 0 unspecified atom stereocenters. The Hall–Kier alpha value is -3.16. The van der Waals surface area contributed by atoms with Crippen LogP contribution in [0.15, 0.2) is 60.8 Å². The van der Waals surface area contributed by atoms with E-state index in [1.54, 1.807) is 35.4 Å². The monoisotopic (exact) mass is 423 g/mol. The van der Waals surface area contributed by atoms with Gasteiger partial charge >= 0.3 is 0 Å². The van der Waals surface area contributed by atoms with Crippen molar-refractivity contribution in [2.45, 2.75) is 6.54 Å². The third-order valence-corrected chi connectivity index (χ3v) is 5.76. The second kappa shape index (κ2) is 7.35. The van der Waals surface area contributed by atoms with Gasteiger partial charge in [-0.15, -0.1) is 0 Å². The number of anilines is 1. The van der Waals surface area contributed by atoms with Gasteiger partial charge in [-0.25, -0.2) is 4.98 Å². The molecule has 2 aromatic heterocycles. The molecule has 0 atom stereocenters. The number of aromatic nitrogens is 2. The van der Waals surface area contributed by atoms with Crippen molar-refractivity contribution >= 4 is 44.2 Å². The van der Waals surface area contributed by atoms with Crippen LogP contribution in [-0.2, 0) is 6.54 Å². The van der Waals surface area contributed by atoms with E-state index >= 15 is 0 Å². The average molecular weight is 424 g/mol. The Morgan fingerprint density at radius 1 is 1.10 bits per heavy atom. The first-order chi connectivity index (χ1) is 14.2. The van der Waals surface area contributed by atoms with Crippen LogP contribution in [0.3, 0.4) is 0 Å². The molecular formula is C21H14ClN3O3S. The highest BCUT2D eigenvalue weighted by atomic mass is 35.5. The van der Waals surface area contributed by atoms with Crippen molar-refractivity contribution in [3.63, 3.8) is 0 Å². The molecule has 5 rings (SSSR count). The van der Waals surface area contributed by atoms with Gasteiger partial charge in [0.15, 0.2) is 16.6 Å². The predicted molar refractivity (Wildman–Crippen MR) is 112 cm³/mol. The van der Waals surface area contributed by atoms with Crippen LogP contribution in [-0.4, -0.2) is 22.7 Å². The number of carbonyl (C=O) groups excluding carboxylic acids is 1. The summed E-state index contributed by atoms with van der Waals surface area (Å²) >= 11 is 7.53. The van der Waals surface area contributed by atoms with E-state index < -0.39 is 0 Å². The van der Waals surface area contributed by atoms with E-state index in [1.165, 1.54) is 11.3 Å². The largest absolute Gasteiger partial charge is 0.454 e. The number of halogens is 1. The number of rotatable bonds is 4. The van der Waals surface area contributed by atoms with Crippen molar-refractivity contribution in [3.8, 4) is 11.5 Å². The first-order valence-corrected chi connectivity index (χ1v) is 10.0. The van der Waals surface area contributed by atoms with Crippen LogP contribution in [0.5, 0.6) is 11.5 Å². The Balaban J connectivity index is 1.56. The highest BCUT2D eigenvalue weighted by Gasteiger charge is 2.24. The summed E-state index contributed by atoms with van der Waals surface area (Å²) in [6, 6.07) is 16.3. The molecule has 8 heteroatoms. The summed E-state index contributed by atoms with van der Waals surface area (Å²) in [6.07, 6.45) is 1.71. The molecule has 3 heterocycles. The highest BCUT2D eigenvalue weighted by molar-refractivity contribution is 7.22. The van der Waals surface area contributed by atoms with Crippen molar-refractivity contribution in [3.05, 3.63) is 77.1 Å². The standard InChI is InChI=1S/C21H14ClN3O3S/c22-14-5-6-16-19(10-14)29-21(24-16)25(11-15-3-1-2-8-23-15)20(26)13-4-7-17-18(9-13)28-12-27-17/h1-10H,11-12H2. The van der Waals surface area contributed by atoms with Crippen LogP contribution < -0.4 is 14.4 Å². The molecule has 4 aromatic rings. The smallest absolute Gasteiger partial charge is 0.260 e. The first kappa shape index (κ1) is 17.9. The van der Waals surface area contributed by atoms with E-state index in [0.717, 1.165) is 15.9 Å². The lowest BCUT2D eigenvalue weighted by Crippen LogP contribution is -2.30. The zero-order chi connectivity index (χ0) is 19.8. The predicted octanol–water partition coefficient (Wildman–Crippen LogP) is 4.92. The maximum atomic E-state index is 13.4. The minimum absolute atomic E-state index is 0.156. The summed E-state index contributed by atoms with van der Waals surface area (Å²) in [5, 5.41) is 1.21. The van der Waals surface area contributed by atoms with E-state index in [0.29, 0.717) is 33.8 Å². The molecule has 0 aliphatic carbocycles. The number of fused-ring (bicyclic) bond motifs is 2. The molecule has 0 spiro atoms. The Bertz CT molecular complexity index is 1210. The zero-order valence-electron chi connectivity index (χ0n) is 15.0. The van der Waals surface area contributed by atoms with Gasteiger partial charge in [-0.05, 0) is 48.5 Å². The van der Waals surface area contributed by atoms with Crippen molar-refractivity contribution < 1.29 is 14.3 Å². The van der Waals surface area contributed by atoms with Crippen molar-refractivity contribution in [2.75, 3.05) is 11.7 Å². The number of ether oxygens (including phenoxy) is 2. The number of benzene rings is 2. The molecule has 1 amide bonds.